The molecular weight excluding hydrogens is 382 g/mol. The molecule has 0 aliphatic rings. The first-order valence-corrected chi connectivity index (χ1v) is 10.6. The maximum atomic E-state index is 12.8. The Hall–Kier alpha value is -2.96. The second kappa shape index (κ2) is 10.0. The standard InChI is InChI=1S/C23H25N3O2S/c1-2-7-16-11-13-18(14-12-16)20(19-10-6-15-29-19)25-21(22(27)26-23(24)28)17-8-4-3-5-9-17/h3-6,8-15,20-21,25H,2,7H2,1H3,(H3,24,26,27,28)/p+1/t20-,21+/m0/s1. The minimum atomic E-state index is -0.846. The van der Waals surface area contributed by atoms with Gasteiger partial charge in [-0.05, 0) is 23.4 Å². The van der Waals surface area contributed by atoms with Crippen molar-refractivity contribution in [2.75, 3.05) is 0 Å². The number of carbonyl (C=O) groups is 2. The first-order valence-electron chi connectivity index (χ1n) is 9.71. The highest BCUT2D eigenvalue weighted by Crippen LogP contribution is 2.25. The van der Waals surface area contributed by atoms with Crippen molar-refractivity contribution in [2.24, 2.45) is 5.73 Å². The Kier molecular flexibility index (Phi) is 7.16. The molecule has 0 bridgehead atoms. The van der Waals surface area contributed by atoms with E-state index in [9.17, 15) is 9.59 Å². The predicted molar refractivity (Wildman–Crippen MR) is 115 cm³/mol. The molecule has 0 saturated carbocycles. The fourth-order valence-electron chi connectivity index (χ4n) is 3.42. The number of imide groups is 1. The minimum Gasteiger partial charge on any atom is -0.351 e. The molecule has 1 aromatic heterocycles. The second-order valence-corrected chi connectivity index (χ2v) is 7.90. The Bertz CT molecular complexity index is 925. The molecular formula is C23H26N3O2S+. The molecule has 6 heteroatoms. The van der Waals surface area contributed by atoms with Gasteiger partial charge in [0.1, 0.15) is 6.04 Å². The number of nitrogens with two attached hydrogens (primary N) is 2. The van der Waals surface area contributed by atoms with Crippen LogP contribution in [0.4, 0.5) is 4.79 Å². The van der Waals surface area contributed by atoms with Crippen LogP contribution in [0.3, 0.4) is 0 Å². The Balaban J connectivity index is 1.95. The van der Waals surface area contributed by atoms with Gasteiger partial charge in [-0.3, -0.25) is 10.1 Å². The average molecular weight is 409 g/mol. The van der Waals surface area contributed by atoms with Crippen LogP contribution >= 0.6 is 11.3 Å². The number of aryl methyl sites for hydroxylation is 1. The lowest BCUT2D eigenvalue weighted by atomic mass is 9.99. The van der Waals surface area contributed by atoms with E-state index in [1.165, 1.54) is 5.56 Å². The molecule has 0 radical (unpaired) electrons. The van der Waals surface area contributed by atoms with Gasteiger partial charge in [-0.2, -0.15) is 0 Å². The van der Waals surface area contributed by atoms with Gasteiger partial charge in [-0.25, -0.2) is 4.79 Å². The van der Waals surface area contributed by atoms with E-state index in [0.717, 1.165) is 28.8 Å². The fourth-order valence-corrected chi connectivity index (χ4v) is 4.25. The van der Waals surface area contributed by atoms with E-state index in [1.54, 1.807) is 11.3 Å². The number of rotatable bonds is 8. The van der Waals surface area contributed by atoms with Crippen LogP contribution in [0.1, 0.15) is 47.0 Å². The molecule has 5 N–H and O–H groups in total. The highest BCUT2D eigenvalue weighted by molar-refractivity contribution is 7.10. The van der Waals surface area contributed by atoms with E-state index >= 15 is 0 Å². The number of primary amides is 1. The average Bonchev–Trinajstić information content (AvgIpc) is 3.24. The van der Waals surface area contributed by atoms with Crippen molar-refractivity contribution < 1.29 is 14.9 Å². The summed E-state index contributed by atoms with van der Waals surface area (Å²) in [5, 5.41) is 6.27. The molecule has 5 nitrogen and oxygen atoms in total. The summed E-state index contributed by atoms with van der Waals surface area (Å²) in [6, 6.07) is 20.5. The highest BCUT2D eigenvalue weighted by atomic mass is 32.1. The van der Waals surface area contributed by atoms with Crippen molar-refractivity contribution in [2.45, 2.75) is 31.8 Å². The van der Waals surface area contributed by atoms with Crippen molar-refractivity contribution in [3.8, 4) is 0 Å². The van der Waals surface area contributed by atoms with Crippen LogP contribution in [-0.4, -0.2) is 11.9 Å². The molecule has 2 aromatic carbocycles. The van der Waals surface area contributed by atoms with Crippen molar-refractivity contribution in [1.29, 1.82) is 0 Å². The number of urea groups is 1. The summed E-state index contributed by atoms with van der Waals surface area (Å²) < 4.78 is 0. The monoisotopic (exact) mass is 408 g/mol. The topological polar surface area (TPSA) is 88.8 Å². The van der Waals surface area contributed by atoms with E-state index in [4.69, 9.17) is 5.73 Å². The molecule has 0 fully saturated rings. The smallest absolute Gasteiger partial charge is 0.319 e. The number of hydrogen-bond donors (Lipinski definition) is 3. The van der Waals surface area contributed by atoms with Crippen LogP contribution in [0.2, 0.25) is 0 Å². The molecule has 0 aliphatic heterocycles. The summed E-state index contributed by atoms with van der Waals surface area (Å²) in [7, 11) is 0. The van der Waals surface area contributed by atoms with Crippen LogP contribution in [0.25, 0.3) is 0 Å². The fraction of sp³-hybridized carbons (Fsp3) is 0.217. The van der Waals surface area contributed by atoms with E-state index in [1.807, 2.05) is 47.1 Å². The summed E-state index contributed by atoms with van der Waals surface area (Å²) in [5.41, 5.74) is 8.43. The molecule has 3 amide bonds. The lowest BCUT2D eigenvalue weighted by molar-refractivity contribution is -0.713. The lowest BCUT2D eigenvalue weighted by Gasteiger charge is -2.22. The first kappa shape index (κ1) is 20.8. The molecule has 0 aliphatic carbocycles. The van der Waals surface area contributed by atoms with E-state index in [2.05, 4.69) is 42.6 Å². The van der Waals surface area contributed by atoms with Gasteiger partial charge in [0.25, 0.3) is 5.91 Å². The zero-order valence-corrected chi connectivity index (χ0v) is 17.2. The van der Waals surface area contributed by atoms with Gasteiger partial charge in [0, 0.05) is 11.1 Å². The minimum absolute atomic E-state index is 0.0745. The molecule has 2 atom stereocenters. The van der Waals surface area contributed by atoms with Gasteiger partial charge in [-0.1, -0.05) is 74.0 Å². The van der Waals surface area contributed by atoms with Gasteiger partial charge >= 0.3 is 6.03 Å². The Morgan fingerprint density at radius 2 is 1.72 bits per heavy atom. The third-order valence-corrected chi connectivity index (χ3v) is 5.76. The Labute approximate surface area is 175 Å². The molecule has 1 heterocycles. The lowest BCUT2D eigenvalue weighted by Crippen LogP contribution is -2.88. The third-order valence-electron chi connectivity index (χ3n) is 4.80. The molecule has 29 heavy (non-hydrogen) atoms. The van der Waals surface area contributed by atoms with Crippen molar-refractivity contribution in [3.05, 3.63) is 93.7 Å². The molecule has 3 rings (SSSR count). The van der Waals surface area contributed by atoms with E-state index < -0.39 is 18.0 Å². The van der Waals surface area contributed by atoms with Crippen molar-refractivity contribution in [1.82, 2.24) is 5.32 Å². The van der Waals surface area contributed by atoms with Gasteiger partial charge < -0.3 is 11.1 Å². The molecule has 0 spiro atoms. The number of benzene rings is 2. The molecule has 0 saturated heterocycles. The largest absolute Gasteiger partial charge is 0.351 e. The van der Waals surface area contributed by atoms with Gasteiger partial charge in [-0.15, -0.1) is 11.3 Å². The van der Waals surface area contributed by atoms with Gasteiger partial charge in [0.05, 0.1) is 4.88 Å². The number of amides is 3. The van der Waals surface area contributed by atoms with Gasteiger partial charge in [0.15, 0.2) is 6.04 Å². The van der Waals surface area contributed by atoms with E-state index in [-0.39, 0.29) is 6.04 Å². The Morgan fingerprint density at radius 1 is 1.00 bits per heavy atom. The summed E-state index contributed by atoms with van der Waals surface area (Å²) in [5.74, 6) is -0.423. The van der Waals surface area contributed by atoms with E-state index in [0.29, 0.717) is 0 Å². The number of quaternary nitrogens is 1. The maximum absolute atomic E-state index is 12.8. The van der Waals surface area contributed by atoms with Crippen LogP contribution in [-0.2, 0) is 11.2 Å². The van der Waals surface area contributed by atoms with Crippen molar-refractivity contribution >= 4 is 23.3 Å². The quantitative estimate of drug-likeness (QED) is 0.534. The van der Waals surface area contributed by atoms with Crippen LogP contribution < -0.4 is 16.4 Å². The number of hydrogen-bond acceptors (Lipinski definition) is 3. The molecule has 3 aromatic rings. The SMILES string of the molecule is CCCc1ccc([C@H]([NH2+][C@@H](C(=O)NC(N)=O)c2ccccc2)c2cccs2)cc1. The van der Waals surface area contributed by atoms with Crippen LogP contribution in [0.15, 0.2) is 72.1 Å². The highest BCUT2D eigenvalue weighted by Gasteiger charge is 2.31. The second-order valence-electron chi connectivity index (χ2n) is 6.92. The van der Waals surface area contributed by atoms with Crippen molar-refractivity contribution in [3.63, 3.8) is 0 Å². The number of carbonyl (C=O) groups excluding carboxylic acids is 2. The molecule has 150 valence electrons. The number of nitrogens with one attached hydrogen (secondary N) is 1. The van der Waals surface area contributed by atoms with Crippen LogP contribution in [0.5, 0.6) is 0 Å². The van der Waals surface area contributed by atoms with Gasteiger partial charge in [0.2, 0.25) is 0 Å². The Morgan fingerprint density at radius 3 is 2.31 bits per heavy atom. The molecule has 0 unspecified atom stereocenters. The van der Waals surface area contributed by atoms with Crippen LogP contribution in [0, 0.1) is 0 Å². The maximum Gasteiger partial charge on any atom is 0.319 e. The normalized spacial score (nSPS) is 12.9. The summed E-state index contributed by atoms with van der Waals surface area (Å²) >= 11 is 1.65. The zero-order chi connectivity index (χ0) is 20.6. The zero-order valence-electron chi connectivity index (χ0n) is 16.4. The summed E-state index contributed by atoms with van der Waals surface area (Å²) in [6.45, 7) is 2.16. The summed E-state index contributed by atoms with van der Waals surface area (Å²) in [6.07, 6.45) is 2.14. The first-order chi connectivity index (χ1) is 14.1. The predicted octanol–water partition coefficient (Wildman–Crippen LogP) is 3.29. The third kappa shape index (κ3) is 5.53. The number of thiophene rings is 1. The summed E-state index contributed by atoms with van der Waals surface area (Å²) in [4.78, 5) is 25.2.